The van der Waals surface area contributed by atoms with Crippen molar-refractivity contribution in [2.45, 2.75) is 78.5 Å². The third-order valence-corrected chi connectivity index (χ3v) is 5.60. The average Bonchev–Trinajstić information content (AvgIpc) is 2.33. The van der Waals surface area contributed by atoms with Gasteiger partial charge < -0.3 is 0 Å². The maximum absolute atomic E-state index is 2.50. The van der Waals surface area contributed by atoms with E-state index in [-0.39, 0.29) is 0 Å². The van der Waals surface area contributed by atoms with E-state index < -0.39 is 0 Å². The molecule has 0 heterocycles. The van der Waals surface area contributed by atoms with Crippen molar-refractivity contribution in [1.29, 1.82) is 0 Å². The summed E-state index contributed by atoms with van der Waals surface area (Å²) in [4.78, 5) is 0. The zero-order valence-corrected chi connectivity index (χ0v) is 13.9. The first kappa shape index (κ1) is 14.9. The minimum Gasteiger partial charge on any atom is -0.0717 e. The van der Waals surface area contributed by atoms with Gasteiger partial charge in [0.2, 0.25) is 0 Å². The summed E-state index contributed by atoms with van der Waals surface area (Å²) >= 11 is 0. The Labute approximate surface area is 121 Å². The van der Waals surface area contributed by atoms with E-state index in [1.54, 1.807) is 11.1 Å². The molecule has 0 N–H and O–H groups in total. The highest BCUT2D eigenvalue weighted by Crippen LogP contribution is 2.54. The standard InChI is InChI=1S/C18H31B/c1-16(2,3)14-6-8-15(9-7-14)18(19)12-10-17(4,5)11-13-18/h6,8H,7,9-13,19H2,1-5H3. The summed E-state index contributed by atoms with van der Waals surface area (Å²) in [7, 11) is 2.50. The molecular formula is C18H31B. The number of allylic oxidation sites excluding steroid dienone is 4. The molecule has 0 bridgehead atoms. The Kier molecular flexibility index (Phi) is 3.80. The van der Waals surface area contributed by atoms with Crippen molar-refractivity contribution in [3.05, 3.63) is 23.3 Å². The van der Waals surface area contributed by atoms with Gasteiger partial charge in [-0.15, -0.1) is 0 Å². The molecule has 0 saturated heterocycles. The van der Waals surface area contributed by atoms with Gasteiger partial charge in [-0.3, -0.25) is 0 Å². The van der Waals surface area contributed by atoms with Crippen LogP contribution in [0.1, 0.15) is 73.1 Å². The van der Waals surface area contributed by atoms with Crippen LogP contribution in [0.25, 0.3) is 0 Å². The first-order chi connectivity index (χ1) is 8.62. The fourth-order valence-electron chi connectivity index (χ4n) is 3.56. The Hall–Kier alpha value is -0.455. The molecule has 1 saturated carbocycles. The molecule has 0 amide bonds. The predicted molar refractivity (Wildman–Crippen MR) is 88.3 cm³/mol. The largest absolute Gasteiger partial charge is 0.114 e. The van der Waals surface area contributed by atoms with Crippen LogP contribution in [-0.4, -0.2) is 7.85 Å². The predicted octanol–water partition coefficient (Wildman–Crippen LogP) is 5.07. The fraction of sp³-hybridized carbons (Fsp3) is 0.778. The second-order valence-electron chi connectivity index (χ2n) is 8.86. The number of hydrogen-bond donors (Lipinski definition) is 0. The minimum atomic E-state index is 0.345. The van der Waals surface area contributed by atoms with Crippen LogP contribution >= 0.6 is 0 Å². The third kappa shape index (κ3) is 3.36. The smallest absolute Gasteiger partial charge is 0.0717 e. The van der Waals surface area contributed by atoms with E-state index in [1.807, 2.05) is 0 Å². The van der Waals surface area contributed by atoms with Crippen molar-refractivity contribution in [1.82, 2.24) is 0 Å². The van der Waals surface area contributed by atoms with E-state index in [0.29, 0.717) is 16.1 Å². The highest BCUT2D eigenvalue weighted by atomic mass is 14.4. The van der Waals surface area contributed by atoms with E-state index in [9.17, 15) is 0 Å². The van der Waals surface area contributed by atoms with Gasteiger partial charge in [0.25, 0.3) is 0 Å². The van der Waals surface area contributed by atoms with Gasteiger partial charge in [0.05, 0.1) is 0 Å². The number of hydrogen-bond acceptors (Lipinski definition) is 0. The Morgan fingerprint density at radius 1 is 0.947 bits per heavy atom. The lowest BCUT2D eigenvalue weighted by Gasteiger charge is -2.44. The summed E-state index contributed by atoms with van der Waals surface area (Å²) in [6, 6.07) is 0. The topological polar surface area (TPSA) is 0 Å². The van der Waals surface area contributed by atoms with Gasteiger partial charge in [0, 0.05) is 0 Å². The molecule has 2 aliphatic carbocycles. The third-order valence-electron chi connectivity index (χ3n) is 5.60. The molecule has 19 heavy (non-hydrogen) atoms. The van der Waals surface area contributed by atoms with Crippen molar-refractivity contribution in [3.8, 4) is 0 Å². The first-order valence-electron chi connectivity index (χ1n) is 8.03. The zero-order chi connectivity index (χ0) is 14.3. The van der Waals surface area contributed by atoms with Crippen LogP contribution in [0, 0.1) is 10.8 Å². The second-order valence-corrected chi connectivity index (χ2v) is 8.86. The summed E-state index contributed by atoms with van der Waals surface area (Å²) in [5.41, 5.74) is 4.26. The van der Waals surface area contributed by atoms with Crippen LogP contribution in [-0.2, 0) is 0 Å². The SMILES string of the molecule is BC1(C2=CC=C(C(C)(C)C)CC2)CCC(C)(C)CC1. The monoisotopic (exact) mass is 258 g/mol. The summed E-state index contributed by atoms with van der Waals surface area (Å²) in [6.07, 6.45) is 13.0. The van der Waals surface area contributed by atoms with Gasteiger partial charge in [-0.1, -0.05) is 70.8 Å². The maximum Gasteiger partial charge on any atom is 0.114 e. The molecule has 0 aromatic rings. The molecule has 0 spiro atoms. The Morgan fingerprint density at radius 2 is 1.53 bits per heavy atom. The van der Waals surface area contributed by atoms with Gasteiger partial charge in [0.1, 0.15) is 7.85 Å². The van der Waals surface area contributed by atoms with Gasteiger partial charge in [0.15, 0.2) is 0 Å². The normalized spacial score (nSPS) is 26.6. The van der Waals surface area contributed by atoms with E-state index in [2.05, 4.69) is 54.6 Å². The molecular weight excluding hydrogens is 227 g/mol. The van der Waals surface area contributed by atoms with Crippen LogP contribution in [0.3, 0.4) is 0 Å². The average molecular weight is 258 g/mol. The molecule has 0 aromatic carbocycles. The van der Waals surface area contributed by atoms with Gasteiger partial charge >= 0.3 is 0 Å². The highest BCUT2D eigenvalue weighted by Gasteiger charge is 2.37. The molecule has 0 aliphatic heterocycles. The zero-order valence-electron chi connectivity index (χ0n) is 13.9. The molecule has 0 radical (unpaired) electrons. The fourth-order valence-corrected chi connectivity index (χ4v) is 3.56. The van der Waals surface area contributed by atoms with Crippen LogP contribution in [0.5, 0.6) is 0 Å². The minimum absolute atomic E-state index is 0.345. The van der Waals surface area contributed by atoms with E-state index in [4.69, 9.17) is 0 Å². The molecule has 0 nitrogen and oxygen atoms in total. The summed E-state index contributed by atoms with van der Waals surface area (Å²) in [6.45, 7) is 11.9. The van der Waals surface area contributed by atoms with Crippen LogP contribution in [0.2, 0.25) is 5.31 Å². The first-order valence-corrected chi connectivity index (χ1v) is 8.03. The molecule has 1 fully saturated rings. The summed E-state index contributed by atoms with van der Waals surface area (Å²) in [5.74, 6) is 0. The van der Waals surface area contributed by atoms with Gasteiger partial charge in [-0.05, 0) is 41.8 Å². The molecule has 2 rings (SSSR count). The van der Waals surface area contributed by atoms with Crippen molar-refractivity contribution in [2.75, 3.05) is 0 Å². The van der Waals surface area contributed by atoms with Crippen molar-refractivity contribution >= 4 is 7.85 Å². The van der Waals surface area contributed by atoms with Crippen molar-refractivity contribution < 1.29 is 0 Å². The van der Waals surface area contributed by atoms with Crippen LogP contribution < -0.4 is 0 Å². The van der Waals surface area contributed by atoms with E-state index in [0.717, 1.165) is 0 Å². The van der Waals surface area contributed by atoms with Gasteiger partial charge in [-0.2, -0.15) is 0 Å². The molecule has 1 heteroatoms. The molecule has 0 unspecified atom stereocenters. The lowest BCUT2D eigenvalue weighted by atomic mass is 9.51. The van der Waals surface area contributed by atoms with Gasteiger partial charge in [-0.25, -0.2) is 0 Å². The summed E-state index contributed by atoms with van der Waals surface area (Å²) < 4.78 is 0. The Bertz CT molecular complexity index is 394. The van der Waals surface area contributed by atoms with Crippen LogP contribution in [0.4, 0.5) is 0 Å². The number of rotatable bonds is 1. The Balaban J connectivity index is 2.12. The maximum atomic E-state index is 2.50. The molecule has 0 atom stereocenters. The van der Waals surface area contributed by atoms with Crippen LogP contribution in [0.15, 0.2) is 23.3 Å². The summed E-state index contributed by atoms with van der Waals surface area (Å²) in [5, 5.41) is 0.482. The van der Waals surface area contributed by atoms with Crippen molar-refractivity contribution in [2.24, 2.45) is 10.8 Å². The van der Waals surface area contributed by atoms with Crippen molar-refractivity contribution in [3.63, 3.8) is 0 Å². The molecule has 0 aromatic heterocycles. The Morgan fingerprint density at radius 3 is 1.95 bits per heavy atom. The lowest BCUT2D eigenvalue weighted by molar-refractivity contribution is 0.214. The molecule has 2 aliphatic rings. The second kappa shape index (κ2) is 4.83. The highest BCUT2D eigenvalue weighted by molar-refractivity contribution is 6.17. The van der Waals surface area contributed by atoms with E-state index in [1.165, 1.54) is 38.5 Å². The molecule has 106 valence electrons. The lowest BCUT2D eigenvalue weighted by Crippen LogP contribution is -2.28. The van der Waals surface area contributed by atoms with E-state index >= 15 is 0 Å². The quantitative estimate of drug-likeness (QED) is 0.576.